The SMILES string of the molecule is CC1CN(C[C@@H]2C[C@H](SC(c3ccccc3)(c3ccccc3)c3ccccc3)CN2C(=O)OCc2ccc([N+](=O)[O-])cc2)CCN1C(=O)OCc1ccc([N+](=O)[O-])cc1. The molecular weight excluding hydrogens is 771 g/mol. The monoisotopic (exact) mass is 815 g/mol. The summed E-state index contributed by atoms with van der Waals surface area (Å²) in [4.78, 5) is 54.3. The van der Waals surface area contributed by atoms with Gasteiger partial charge in [-0.25, -0.2) is 9.59 Å². The molecule has 1 unspecified atom stereocenters. The number of likely N-dealkylation sites (tertiary alicyclic amines) is 1. The van der Waals surface area contributed by atoms with Gasteiger partial charge in [0.25, 0.3) is 11.4 Å². The number of nitro groups is 2. The van der Waals surface area contributed by atoms with Crippen LogP contribution in [0.2, 0.25) is 0 Å². The Balaban J connectivity index is 1.09. The van der Waals surface area contributed by atoms with E-state index in [1.807, 2.05) is 41.8 Å². The molecule has 5 aromatic carbocycles. The van der Waals surface area contributed by atoms with Crippen molar-refractivity contribution in [3.05, 3.63) is 188 Å². The van der Waals surface area contributed by atoms with E-state index >= 15 is 0 Å². The predicted octanol–water partition coefficient (Wildman–Crippen LogP) is 8.65. The van der Waals surface area contributed by atoms with Crippen molar-refractivity contribution in [3.63, 3.8) is 0 Å². The standard InChI is InChI=1S/C45H45N5O8S/c1-33-28-46(25-26-47(33)43(51)57-31-34-17-21-39(22-18-34)49(53)54)29-41-27-42(30-48(41)44(52)58-32-35-19-23-40(24-20-35)50(55)56)59-45(36-11-5-2-6-12-36,37-13-7-3-8-14-37)38-15-9-4-10-16-38/h2-24,33,41-42H,25-32H2,1H3/t33?,41-,42-/m0/s1. The zero-order valence-electron chi connectivity index (χ0n) is 32.6. The van der Waals surface area contributed by atoms with Gasteiger partial charge in [0, 0.05) is 74.3 Å². The first kappa shape index (κ1) is 40.9. The van der Waals surface area contributed by atoms with E-state index in [4.69, 9.17) is 9.47 Å². The van der Waals surface area contributed by atoms with Crippen LogP contribution in [0, 0.1) is 20.2 Å². The third-order valence-corrected chi connectivity index (χ3v) is 12.7. The normalized spacial score (nSPS) is 18.3. The molecule has 3 atom stereocenters. The number of nitro benzene ring substituents is 2. The topological polar surface area (TPSA) is 149 Å². The highest BCUT2D eigenvalue weighted by molar-refractivity contribution is 8.01. The zero-order chi connectivity index (χ0) is 41.4. The summed E-state index contributed by atoms with van der Waals surface area (Å²) < 4.78 is 10.9. The summed E-state index contributed by atoms with van der Waals surface area (Å²) in [6.45, 7) is 4.50. The Morgan fingerprint density at radius 2 is 1.08 bits per heavy atom. The molecule has 7 rings (SSSR count). The number of non-ortho nitro benzene ring substituents is 2. The molecule has 2 amide bonds. The number of thioether (sulfide) groups is 1. The second-order valence-electron chi connectivity index (χ2n) is 14.8. The van der Waals surface area contributed by atoms with E-state index in [9.17, 15) is 29.8 Å². The van der Waals surface area contributed by atoms with E-state index in [-0.39, 0.29) is 41.9 Å². The third-order valence-electron chi connectivity index (χ3n) is 10.9. The van der Waals surface area contributed by atoms with Gasteiger partial charge in [-0.05, 0) is 65.4 Å². The Morgan fingerprint density at radius 1 is 0.644 bits per heavy atom. The minimum absolute atomic E-state index is 0.000606. The number of hydrogen-bond donors (Lipinski definition) is 0. The van der Waals surface area contributed by atoms with E-state index in [0.29, 0.717) is 50.3 Å². The highest BCUT2D eigenvalue weighted by Crippen LogP contribution is 2.52. The number of hydrogen-bond acceptors (Lipinski definition) is 10. The quantitative estimate of drug-likeness (QED) is 0.0642. The van der Waals surface area contributed by atoms with Crippen LogP contribution in [0.4, 0.5) is 21.0 Å². The number of ether oxygens (including phenoxy) is 2. The van der Waals surface area contributed by atoms with E-state index < -0.39 is 26.8 Å². The minimum atomic E-state index is -0.591. The summed E-state index contributed by atoms with van der Waals surface area (Å²) in [7, 11) is 0. The lowest BCUT2D eigenvalue weighted by Gasteiger charge is -2.40. The highest BCUT2D eigenvalue weighted by atomic mass is 32.2. The predicted molar refractivity (Wildman–Crippen MR) is 225 cm³/mol. The van der Waals surface area contributed by atoms with Crippen molar-refractivity contribution in [3.8, 4) is 0 Å². The van der Waals surface area contributed by atoms with Gasteiger partial charge in [0.2, 0.25) is 0 Å². The largest absolute Gasteiger partial charge is 0.445 e. The lowest BCUT2D eigenvalue weighted by Crippen LogP contribution is -2.56. The summed E-state index contributed by atoms with van der Waals surface area (Å²) in [6.07, 6.45) is -0.219. The van der Waals surface area contributed by atoms with E-state index in [1.165, 1.54) is 24.3 Å². The molecule has 2 fully saturated rings. The van der Waals surface area contributed by atoms with Crippen LogP contribution in [0.15, 0.2) is 140 Å². The van der Waals surface area contributed by atoms with Gasteiger partial charge in [-0.3, -0.25) is 25.1 Å². The summed E-state index contributed by atoms with van der Waals surface area (Å²) in [5.74, 6) is 0. The first-order chi connectivity index (χ1) is 28.6. The van der Waals surface area contributed by atoms with Crippen molar-refractivity contribution < 1.29 is 28.9 Å². The molecule has 0 bridgehead atoms. The van der Waals surface area contributed by atoms with Crippen LogP contribution >= 0.6 is 11.8 Å². The molecule has 5 aromatic rings. The van der Waals surface area contributed by atoms with Crippen LogP contribution < -0.4 is 0 Å². The van der Waals surface area contributed by atoms with Gasteiger partial charge in [-0.1, -0.05) is 91.0 Å². The maximum absolute atomic E-state index is 14.1. The van der Waals surface area contributed by atoms with Crippen LogP contribution in [-0.4, -0.2) is 86.8 Å². The van der Waals surface area contributed by atoms with Gasteiger partial charge < -0.3 is 19.3 Å². The summed E-state index contributed by atoms with van der Waals surface area (Å²) in [5.41, 5.74) is 4.62. The molecule has 2 aliphatic heterocycles. The molecule has 0 radical (unpaired) electrons. The first-order valence-corrected chi connectivity index (χ1v) is 20.4. The number of rotatable bonds is 13. The number of carbonyl (C=O) groups excluding carboxylic acids is 2. The molecule has 304 valence electrons. The molecule has 0 saturated carbocycles. The Kier molecular flexibility index (Phi) is 12.9. The van der Waals surface area contributed by atoms with Gasteiger partial charge >= 0.3 is 12.2 Å². The number of nitrogens with zero attached hydrogens (tertiary/aromatic N) is 5. The molecule has 13 nitrogen and oxygen atoms in total. The molecule has 2 heterocycles. The van der Waals surface area contributed by atoms with E-state index in [1.54, 1.807) is 29.2 Å². The molecule has 0 aliphatic carbocycles. The van der Waals surface area contributed by atoms with E-state index in [0.717, 1.165) is 16.7 Å². The molecule has 14 heteroatoms. The average molecular weight is 816 g/mol. The van der Waals surface area contributed by atoms with Crippen molar-refractivity contribution in [2.24, 2.45) is 0 Å². The fourth-order valence-corrected chi connectivity index (χ4v) is 9.85. The maximum Gasteiger partial charge on any atom is 0.410 e. The second-order valence-corrected chi connectivity index (χ2v) is 16.3. The van der Waals surface area contributed by atoms with Crippen LogP contribution in [0.25, 0.3) is 0 Å². The molecule has 59 heavy (non-hydrogen) atoms. The molecule has 2 aliphatic rings. The molecular formula is C45H45N5O8S. The Labute approximate surface area is 346 Å². The third kappa shape index (κ3) is 9.56. The van der Waals surface area contributed by atoms with Crippen LogP contribution in [0.3, 0.4) is 0 Å². The van der Waals surface area contributed by atoms with E-state index in [2.05, 4.69) is 77.7 Å². The Bertz CT molecular complexity index is 2120. The molecule has 2 saturated heterocycles. The Hall–Kier alpha value is -6.25. The summed E-state index contributed by atoms with van der Waals surface area (Å²) in [5, 5.41) is 22.2. The smallest absolute Gasteiger partial charge is 0.410 e. The van der Waals surface area contributed by atoms with Crippen molar-refractivity contribution in [2.45, 2.75) is 48.6 Å². The van der Waals surface area contributed by atoms with Crippen molar-refractivity contribution >= 4 is 35.3 Å². The Morgan fingerprint density at radius 3 is 1.51 bits per heavy atom. The average Bonchev–Trinajstić information content (AvgIpc) is 3.66. The lowest BCUT2D eigenvalue weighted by molar-refractivity contribution is -0.385. The van der Waals surface area contributed by atoms with Gasteiger partial charge in [-0.15, -0.1) is 11.8 Å². The van der Waals surface area contributed by atoms with Gasteiger partial charge in [0.15, 0.2) is 0 Å². The molecule has 0 N–H and O–H groups in total. The van der Waals surface area contributed by atoms with Gasteiger partial charge in [0.1, 0.15) is 13.2 Å². The van der Waals surface area contributed by atoms with Crippen molar-refractivity contribution in [2.75, 3.05) is 32.7 Å². The number of carbonyl (C=O) groups is 2. The van der Waals surface area contributed by atoms with Gasteiger partial charge in [0.05, 0.1) is 14.6 Å². The number of benzene rings is 5. The summed E-state index contributed by atoms with van der Waals surface area (Å²) >= 11 is 1.84. The number of amides is 2. The summed E-state index contributed by atoms with van der Waals surface area (Å²) in [6, 6.07) is 42.9. The van der Waals surface area contributed by atoms with Crippen LogP contribution in [-0.2, 0) is 27.4 Å². The fourth-order valence-electron chi connectivity index (χ4n) is 7.98. The van der Waals surface area contributed by atoms with Crippen molar-refractivity contribution in [1.29, 1.82) is 0 Å². The lowest BCUT2D eigenvalue weighted by atomic mass is 9.84. The van der Waals surface area contributed by atoms with Crippen molar-refractivity contribution in [1.82, 2.24) is 14.7 Å². The second kappa shape index (κ2) is 18.6. The molecule has 0 aromatic heterocycles. The highest BCUT2D eigenvalue weighted by Gasteiger charge is 2.45. The fraction of sp³-hybridized carbons (Fsp3) is 0.289. The van der Waals surface area contributed by atoms with Crippen LogP contribution in [0.1, 0.15) is 41.2 Å². The molecule has 0 spiro atoms. The van der Waals surface area contributed by atoms with Crippen LogP contribution in [0.5, 0.6) is 0 Å². The number of piperazine rings is 1. The maximum atomic E-state index is 14.1. The van der Waals surface area contributed by atoms with Gasteiger partial charge in [-0.2, -0.15) is 0 Å². The first-order valence-electron chi connectivity index (χ1n) is 19.5. The minimum Gasteiger partial charge on any atom is -0.445 e. The zero-order valence-corrected chi connectivity index (χ0v) is 33.4.